The third-order valence-electron chi connectivity index (χ3n) is 4.90. The van der Waals surface area contributed by atoms with Gasteiger partial charge in [-0.1, -0.05) is 12.8 Å². The van der Waals surface area contributed by atoms with Crippen LogP contribution in [0.15, 0.2) is 0 Å². The summed E-state index contributed by atoms with van der Waals surface area (Å²) in [6.45, 7) is 1.05. The van der Waals surface area contributed by atoms with Crippen molar-refractivity contribution in [2.75, 3.05) is 19.7 Å². The molecule has 3 fully saturated rings. The molecule has 3 aliphatic rings. The molecule has 21 heavy (non-hydrogen) atoms. The first kappa shape index (κ1) is 14.5. The predicted molar refractivity (Wildman–Crippen MR) is 74.2 cm³/mol. The van der Waals surface area contributed by atoms with Gasteiger partial charge in [0.1, 0.15) is 6.54 Å². The van der Waals surface area contributed by atoms with Crippen LogP contribution >= 0.6 is 0 Å². The zero-order chi connectivity index (χ0) is 14.9. The fraction of sp³-hybridized carbons (Fsp3) is 0.800. The maximum atomic E-state index is 12.4. The molecule has 1 N–H and O–H groups in total. The van der Waals surface area contributed by atoms with Gasteiger partial charge in [0, 0.05) is 19.6 Å². The Balaban J connectivity index is 1.53. The zero-order valence-corrected chi connectivity index (χ0v) is 12.2. The minimum absolute atomic E-state index is 0.0695. The molecule has 1 atom stereocenters. The van der Waals surface area contributed by atoms with E-state index in [0.717, 1.165) is 50.0 Å². The minimum atomic E-state index is -0.494. The first-order valence-electron chi connectivity index (χ1n) is 7.84. The molecule has 1 spiro atoms. The Morgan fingerprint density at radius 2 is 2.05 bits per heavy atom. The molecular weight excluding hydrogens is 272 g/mol. The van der Waals surface area contributed by atoms with Crippen LogP contribution in [0.1, 0.15) is 44.9 Å². The van der Waals surface area contributed by atoms with Crippen molar-refractivity contribution in [3.05, 3.63) is 0 Å². The smallest absolute Gasteiger partial charge is 0.240 e. The van der Waals surface area contributed by atoms with Gasteiger partial charge in [-0.2, -0.15) is 0 Å². The van der Waals surface area contributed by atoms with Crippen LogP contribution in [0, 0.1) is 5.41 Å². The molecular formula is C15H22N2O4. The van der Waals surface area contributed by atoms with Crippen LogP contribution in [0.2, 0.25) is 0 Å². The maximum Gasteiger partial charge on any atom is 0.240 e. The molecule has 1 aliphatic carbocycles. The van der Waals surface area contributed by atoms with Gasteiger partial charge >= 0.3 is 0 Å². The molecule has 0 aromatic heterocycles. The normalized spacial score (nSPS) is 27.8. The van der Waals surface area contributed by atoms with Crippen LogP contribution < -0.4 is 5.32 Å². The molecule has 0 aromatic rings. The van der Waals surface area contributed by atoms with Gasteiger partial charge in [0.15, 0.2) is 0 Å². The van der Waals surface area contributed by atoms with Crippen LogP contribution in [0.3, 0.4) is 0 Å². The summed E-state index contributed by atoms with van der Waals surface area (Å²) < 4.78 is 5.43. The van der Waals surface area contributed by atoms with E-state index in [4.69, 9.17) is 4.74 Å². The number of imide groups is 1. The summed E-state index contributed by atoms with van der Waals surface area (Å²) in [4.78, 5) is 37.6. The molecule has 0 aromatic carbocycles. The van der Waals surface area contributed by atoms with E-state index in [9.17, 15) is 14.4 Å². The highest BCUT2D eigenvalue weighted by molar-refractivity contribution is 6.08. The number of nitrogens with zero attached hydrogens (tertiary/aromatic N) is 1. The van der Waals surface area contributed by atoms with E-state index in [2.05, 4.69) is 5.32 Å². The van der Waals surface area contributed by atoms with Crippen molar-refractivity contribution in [1.82, 2.24) is 10.2 Å². The van der Waals surface area contributed by atoms with Crippen LogP contribution in [0.4, 0.5) is 0 Å². The highest BCUT2D eigenvalue weighted by Gasteiger charge is 2.52. The first-order chi connectivity index (χ1) is 10.1. The lowest BCUT2D eigenvalue weighted by atomic mass is 9.84. The summed E-state index contributed by atoms with van der Waals surface area (Å²) in [5, 5.41) is 2.76. The molecule has 6 heteroatoms. The molecule has 0 unspecified atom stereocenters. The molecule has 1 saturated carbocycles. The number of carbonyl (C=O) groups excluding carboxylic acids is 3. The number of rotatable bonds is 4. The monoisotopic (exact) mass is 294 g/mol. The average molecular weight is 294 g/mol. The number of amides is 3. The molecule has 6 nitrogen and oxygen atoms in total. The fourth-order valence-corrected chi connectivity index (χ4v) is 3.69. The van der Waals surface area contributed by atoms with E-state index in [1.54, 1.807) is 0 Å². The third kappa shape index (κ3) is 2.81. The van der Waals surface area contributed by atoms with E-state index in [0.29, 0.717) is 6.54 Å². The largest absolute Gasteiger partial charge is 0.376 e. The van der Waals surface area contributed by atoms with Crippen molar-refractivity contribution in [2.45, 2.75) is 51.0 Å². The number of nitrogens with one attached hydrogen (secondary N) is 1. The number of hydrogen-bond donors (Lipinski definition) is 1. The SMILES string of the molecule is O=C(CN1C(=O)CC2(CCCC2)C1=O)NC[C@@H]1CCCO1. The first-order valence-corrected chi connectivity index (χ1v) is 7.84. The van der Waals surface area contributed by atoms with E-state index < -0.39 is 5.41 Å². The number of carbonyl (C=O) groups is 3. The lowest BCUT2D eigenvalue weighted by Crippen LogP contribution is -2.43. The summed E-state index contributed by atoms with van der Waals surface area (Å²) in [7, 11) is 0. The summed E-state index contributed by atoms with van der Waals surface area (Å²) in [5.41, 5.74) is -0.494. The molecule has 2 aliphatic heterocycles. The van der Waals surface area contributed by atoms with Gasteiger partial charge in [-0.05, 0) is 25.7 Å². The lowest BCUT2D eigenvalue weighted by molar-refractivity contribution is -0.144. The average Bonchev–Trinajstić information content (AvgIpc) is 3.16. The topological polar surface area (TPSA) is 75.7 Å². The van der Waals surface area contributed by atoms with Gasteiger partial charge in [-0.25, -0.2) is 0 Å². The molecule has 2 saturated heterocycles. The highest BCUT2D eigenvalue weighted by atomic mass is 16.5. The van der Waals surface area contributed by atoms with Gasteiger partial charge < -0.3 is 10.1 Å². The molecule has 3 rings (SSSR count). The van der Waals surface area contributed by atoms with Gasteiger partial charge in [0.25, 0.3) is 0 Å². The van der Waals surface area contributed by atoms with E-state index in [1.165, 1.54) is 0 Å². The van der Waals surface area contributed by atoms with E-state index in [-0.39, 0.29) is 36.8 Å². The van der Waals surface area contributed by atoms with Crippen molar-refractivity contribution in [3.8, 4) is 0 Å². The summed E-state index contributed by atoms with van der Waals surface area (Å²) in [6, 6.07) is 0. The zero-order valence-electron chi connectivity index (χ0n) is 12.2. The quantitative estimate of drug-likeness (QED) is 0.770. The number of likely N-dealkylation sites (tertiary alicyclic amines) is 1. The molecule has 2 heterocycles. The number of hydrogen-bond acceptors (Lipinski definition) is 4. The Morgan fingerprint density at radius 3 is 2.71 bits per heavy atom. The van der Waals surface area contributed by atoms with Gasteiger partial charge in [0.2, 0.25) is 17.7 Å². The second kappa shape index (κ2) is 5.75. The van der Waals surface area contributed by atoms with Crippen molar-refractivity contribution in [2.24, 2.45) is 5.41 Å². The maximum absolute atomic E-state index is 12.4. The molecule has 0 radical (unpaired) electrons. The predicted octanol–water partition coefficient (Wildman–Crippen LogP) is 0.601. The second-order valence-corrected chi connectivity index (χ2v) is 6.39. The van der Waals surface area contributed by atoms with Crippen LogP contribution in [-0.2, 0) is 19.1 Å². The standard InChI is InChI=1S/C15H22N2O4/c18-12(16-9-11-4-3-7-21-11)10-17-13(19)8-15(14(17)20)5-1-2-6-15/h11H,1-10H2,(H,16,18)/t11-/m0/s1. The van der Waals surface area contributed by atoms with Crippen molar-refractivity contribution >= 4 is 17.7 Å². The Bertz CT molecular complexity index is 451. The second-order valence-electron chi connectivity index (χ2n) is 6.39. The van der Waals surface area contributed by atoms with Crippen molar-refractivity contribution < 1.29 is 19.1 Å². The molecule has 3 amide bonds. The number of ether oxygens (including phenoxy) is 1. The highest BCUT2D eigenvalue weighted by Crippen LogP contribution is 2.46. The third-order valence-corrected chi connectivity index (χ3v) is 4.90. The summed E-state index contributed by atoms with van der Waals surface area (Å²) >= 11 is 0. The van der Waals surface area contributed by atoms with Crippen molar-refractivity contribution in [1.29, 1.82) is 0 Å². The fourth-order valence-electron chi connectivity index (χ4n) is 3.69. The Kier molecular flexibility index (Phi) is 3.97. The summed E-state index contributed by atoms with van der Waals surface area (Å²) in [5.74, 6) is -0.617. The molecule has 116 valence electrons. The lowest BCUT2D eigenvalue weighted by Gasteiger charge is -2.20. The van der Waals surface area contributed by atoms with Crippen LogP contribution in [0.25, 0.3) is 0 Å². The Hall–Kier alpha value is -1.43. The Morgan fingerprint density at radius 1 is 1.29 bits per heavy atom. The van der Waals surface area contributed by atoms with E-state index >= 15 is 0 Å². The minimum Gasteiger partial charge on any atom is -0.376 e. The van der Waals surface area contributed by atoms with Crippen LogP contribution in [-0.4, -0.2) is 48.4 Å². The van der Waals surface area contributed by atoms with Crippen LogP contribution in [0.5, 0.6) is 0 Å². The van der Waals surface area contributed by atoms with Gasteiger partial charge in [-0.15, -0.1) is 0 Å². The Labute approximate surface area is 124 Å². The van der Waals surface area contributed by atoms with Gasteiger partial charge in [0.05, 0.1) is 11.5 Å². The summed E-state index contributed by atoms with van der Waals surface area (Å²) in [6.07, 6.45) is 5.88. The molecule has 0 bridgehead atoms. The van der Waals surface area contributed by atoms with Gasteiger partial charge in [-0.3, -0.25) is 19.3 Å². The van der Waals surface area contributed by atoms with Crippen molar-refractivity contribution in [3.63, 3.8) is 0 Å². The van der Waals surface area contributed by atoms with E-state index in [1.807, 2.05) is 0 Å².